The van der Waals surface area contributed by atoms with E-state index in [9.17, 15) is 19.5 Å². The average molecular weight is 352 g/mol. The van der Waals surface area contributed by atoms with Crippen molar-refractivity contribution in [2.75, 3.05) is 10.2 Å². The highest BCUT2D eigenvalue weighted by atomic mass is 16.4. The Kier molecular flexibility index (Phi) is 4.50. The number of carboxylic acid groups (broad SMARTS) is 1. The highest BCUT2D eigenvalue weighted by Crippen LogP contribution is 2.29. The second-order valence-electron chi connectivity index (χ2n) is 6.59. The second-order valence-corrected chi connectivity index (χ2v) is 6.59. The molecular weight excluding hydrogens is 332 g/mol. The average Bonchev–Trinajstić information content (AvgIpc) is 2.85. The standard InChI is InChI=1S/C20H20N2O4/c1-11-4-5-12(2)15(8-11)21-16-10-18(23)22(19(16)24)17-9-14(20(25)26)7-6-13(17)3/h4-9,16,21H,10H2,1-3H3,(H,25,26)/t16-/m0/s1. The molecule has 1 fully saturated rings. The van der Waals surface area contributed by atoms with Crippen LogP contribution in [0.4, 0.5) is 11.4 Å². The first kappa shape index (κ1) is 17.7. The molecule has 1 heterocycles. The van der Waals surface area contributed by atoms with Gasteiger partial charge in [0.25, 0.3) is 5.91 Å². The molecule has 1 aliphatic rings. The van der Waals surface area contributed by atoms with E-state index < -0.39 is 12.0 Å². The quantitative estimate of drug-likeness (QED) is 0.826. The van der Waals surface area contributed by atoms with Crippen molar-refractivity contribution in [2.24, 2.45) is 0 Å². The van der Waals surface area contributed by atoms with Crippen molar-refractivity contribution in [3.8, 4) is 0 Å². The fraction of sp³-hybridized carbons (Fsp3) is 0.250. The number of nitrogens with zero attached hydrogens (tertiary/aromatic N) is 1. The van der Waals surface area contributed by atoms with Gasteiger partial charge in [0.2, 0.25) is 5.91 Å². The topological polar surface area (TPSA) is 86.7 Å². The van der Waals surface area contributed by atoms with E-state index in [1.165, 1.54) is 12.1 Å². The number of carbonyl (C=O) groups is 3. The minimum Gasteiger partial charge on any atom is -0.478 e. The van der Waals surface area contributed by atoms with Crippen LogP contribution in [-0.4, -0.2) is 28.9 Å². The van der Waals surface area contributed by atoms with Gasteiger partial charge in [-0.25, -0.2) is 9.69 Å². The third-order valence-corrected chi connectivity index (χ3v) is 4.57. The monoisotopic (exact) mass is 352 g/mol. The van der Waals surface area contributed by atoms with Gasteiger partial charge in [0.15, 0.2) is 0 Å². The van der Waals surface area contributed by atoms with Gasteiger partial charge in [0, 0.05) is 5.69 Å². The molecule has 2 aromatic rings. The molecule has 2 aromatic carbocycles. The van der Waals surface area contributed by atoms with Crippen molar-refractivity contribution in [1.29, 1.82) is 0 Å². The molecule has 0 spiro atoms. The van der Waals surface area contributed by atoms with E-state index in [0.29, 0.717) is 11.3 Å². The maximum Gasteiger partial charge on any atom is 0.335 e. The van der Waals surface area contributed by atoms with Gasteiger partial charge in [-0.2, -0.15) is 0 Å². The molecule has 6 heteroatoms. The van der Waals surface area contributed by atoms with Gasteiger partial charge >= 0.3 is 5.97 Å². The van der Waals surface area contributed by atoms with E-state index in [2.05, 4.69) is 5.32 Å². The van der Waals surface area contributed by atoms with Crippen LogP contribution in [0.3, 0.4) is 0 Å². The van der Waals surface area contributed by atoms with Crippen LogP contribution in [0.1, 0.15) is 33.5 Å². The van der Waals surface area contributed by atoms with Crippen molar-refractivity contribution in [3.05, 3.63) is 58.7 Å². The largest absolute Gasteiger partial charge is 0.478 e. The fourth-order valence-electron chi connectivity index (χ4n) is 3.06. The molecule has 26 heavy (non-hydrogen) atoms. The Morgan fingerprint density at radius 2 is 1.77 bits per heavy atom. The number of aromatic carboxylic acids is 1. The number of anilines is 2. The van der Waals surface area contributed by atoms with Crippen LogP contribution in [0, 0.1) is 20.8 Å². The predicted octanol–water partition coefficient (Wildman–Crippen LogP) is 3.05. The Hall–Kier alpha value is -3.15. The number of amides is 2. The zero-order valence-corrected chi connectivity index (χ0v) is 14.9. The SMILES string of the molecule is Cc1ccc(C)c(N[C@H]2CC(=O)N(c3cc(C(=O)O)ccc3C)C2=O)c1. The lowest BCUT2D eigenvalue weighted by Crippen LogP contribution is -2.35. The predicted molar refractivity (Wildman–Crippen MR) is 98.6 cm³/mol. The van der Waals surface area contributed by atoms with Gasteiger partial charge in [-0.3, -0.25) is 9.59 Å². The number of aryl methyl sites for hydroxylation is 3. The van der Waals surface area contributed by atoms with Crippen molar-refractivity contribution < 1.29 is 19.5 Å². The van der Waals surface area contributed by atoms with Crippen LogP contribution >= 0.6 is 0 Å². The number of hydrogen-bond acceptors (Lipinski definition) is 4. The molecule has 0 saturated carbocycles. The second kappa shape index (κ2) is 6.63. The smallest absolute Gasteiger partial charge is 0.335 e. The maximum absolute atomic E-state index is 12.8. The number of nitrogens with one attached hydrogen (secondary N) is 1. The third kappa shape index (κ3) is 3.18. The summed E-state index contributed by atoms with van der Waals surface area (Å²) in [7, 11) is 0. The number of carbonyl (C=O) groups excluding carboxylic acids is 2. The summed E-state index contributed by atoms with van der Waals surface area (Å²) in [6, 6.07) is 9.63. The molecule has 0 aliphatic carbocycles. The Morgan fingerprint density at radius 1 is 1.08 bits per heavy atom. The molecule has 1 atom stereocenters. The van der Waals surface area contributed by atoms with Gasteiger partial charge in [-0.15, -0.1) is 0 Å². The molecule has 1 saturated heterocycles. The lowest BCUT2D eigenvalue weighted by Gasteiger charge is -2.19. The number of hydrogen-bond donors (Lipinski definition) is 2. The molecule has 2 N–H and O–H groups in total. The van der Waals surface area contributed by atoms with E-state index in [1.807, 2.05) is 32.0 Å². The van der Waals surface area contributed by atoms with Crippen LogP contribution in [0.15, 0.2) is 36.4 Å². The summed E-state index contributed by atoms with van der Waals surface area (Å²) in [4.78, 5) is 37.6. The van der Waals surface area contributed by atoms with Crippen molar-refractivity contribution in [3.63, 3.8) is 0 Å². The molecule has 0 aromatic heterocycles. The highest BCUT2D eigenvalue weighted by molar-refractivity contribution is 6.23. The number of benzene rings is 2. The molecule has 134 valence electrons. The Morgan fingerprint density at radius 3 is 2.46 bits per heavy atom. The molecular formula is C20H20N2O4. The van der Waals surface area contributed by atoms with E-state index in [0.717, 1.165) is 21.7 Å². The lowest BCUT2D eigenvalue weighted by molar-refractivity contribution is -0.121. The molecule has 3 rings (SSSR count). The van der Waals surface area contributed by atoms with Gasteiger partial charge in [0.1, 0.15) is 6.04 Å². The fourth-order valence-corrected chi connectivity index (χ4v) is 3.06. The van der Waals surface area contributed by atoms with Gasteiger partial charge in [0.05, 0.1) is 17.7 Å². The molecule has 2 amide bonds. The third-order valence-electron chi connectivity index (χ3n) is 4.57. The van der Waals surface area contributed by atoms with Crippen molar-refractivity contribution in [2.45, 2.75) is 33.2 Å². The zero-order chi connectivity index (χ0) is 19.0. The minimum absolute atomic E-state index is 0.0307. The van der Waals surface area contributed by atoms with Gasteiger partial charge < -0.3 is 10.4 Å². The molecule has 0 unspecified atom stereocenters. The zero-order valence-electron chi connectivity index (χ0n) is 14.9. The molecule has 0 bridgehead atoms. The van der Waals surface area contributed by atoms with Crippen LogP contribution in [0.25, 0.3) is 0 Å². The summed E-state index contributed by atoms with van der Waals surface area (Å²) in [5.41, 5.74) is 3.88. The summed E-state index contributed by atoms with van der Waals surface area (Å²) < 4.78 is 0. The van der Waals surface area contributed by atoms with Gasteiger partial charge in [-0.1, -0.05) is 18.2 Å². The van der Waals surface area contributed by atoms with Crippen molar-refractivity contribution in [1.82, 2.24) is 0 Å². The Balaban J connectivity index is 1.91. The minimum atomic E-state index is -1.10. The normalized spacial score (nSPS) is 16.9. The van der Waals surface area contributed by atoms with Crippen LogP contribution < -0.4 is 10.2 Å². The lowest BCUT2D eigenvalue weighted by atomic mass is 10.1. The van der Waals surface area contributed by atoms with Crippen LogP contribution in [0.5, 0.6) is 0 Å². The van der Waals surface area contributed by atoms with E-state index >= 15 is 0 Å². The Labute approximate surface area is 151 Å². The molecule has 1 aliphatic heterocycles. The number of rotatable bonds is 4. The molecule has 6 nitrogen and oxygen atoms in total. The molecule has 0 radical (unpaired) electrons. The summed E-state index contributed by atoms with van der Waals surface area (Å²) in [5, 5.41) is 12.3. The summed E-state index contributed by atoms with van der Waals surface area (Å²) in [6.45, 7) is 5.63. The van der Waals surface area contributed by atoms with E-state index in [-0.39, 0.29) is 23.8 Å². The summed E-state index contributed by atoms with van der Waals surface area (Å²) in [5.74, 6) is -1.82. The number of imide groups is 1. The summed E-state index contributed by atoms with van der Waals surface area (Å²) in [6.07, 6.45) is 0.0307. The van der Waals surface area contributed by atoms with E-state index in [1.54, 1.807) is 13.0 Å². The van der Waals surface area contributed by atoms with Gasteiger partial charge in [-0.05, 0) is 55.7 Å². The highest BCUT2D eigenvalue weighted by Gasteiger charge is 2.40. The first-order chi connectivity index (χ1) is 12.3. The Bertz CT molecular complexity index is 920. The van der Waals surface area contributed by atoms with Crippen LogP contribution in [0.2, 0.25) is 0 Å². The summed E-state index contributed by atoms with van der Waals surface area (Å²) >= 11 is 0. The maximum atomic E-state index is 12.8. The first-order valence-electron chi connectivity index (χ1n) is 8.32. The van der Waals surface area contributed by atoms with E-state index in [4.69, 9.17) is 0 Å². The number of carboxylic acids is 1. The van der Waals surface area contributed by atoms with Crippen LogP contribution in [-0.2, 0) is 9.59 Å². The van der Waals surface area contributed by atoms with Crippen molar-refractivity contribution >= 4 is 29.2 Å². The first-order valence-corrected chi connectivity index (χ1v) is 8.32.